The number of anilines is 2. The van der Waals surface area contributed by atoms with Gasteiger partial charge in [0, 0.05) is 36.8 Å². The first-order valence-corrected chi connectivity index (χ1v) is 17.9. The number of carbonyl (C=O) groups excluding carboxylic acids is 3. The number of fused-ring (bicyclic) bond motifs is 9. The monoisotopic (exact) mass is 735 g/mol. The largest absolute Gasteiger partial charge is 0.483 e. The van der Waals surface area contributed by atoms with Gasteiger partial charge in [0.05, 0.1) is 22.5 Å². The molecule has 3 heterocycles. The van der Waals surface area contributed by atoms with Crippen molar-refractivity contribution in [2.45, 2.75) is 29.5 Å². The molecule has 0 spiro atoms. The van der Waals surface area contributed by atoms with E-state index in [0.717, 1.165) is 31.9 Å². The van der Waals surface area contributed by atoms with Crippen LogP contribution < -0.4 is 19.8 Å². The van der Waals surface area contributed by atoms with Crippen molar-refractivity contribution >= 4 is 79.7 Å². The van der Waals surface area contributed by atoms with Crippen LogP contribution in [0, 0.1) is 36.5 Å². The van der Waals surface area contributed by atoms with E-state index < -0.39 is 11.8 Å². The molecule has 4 unspecified atom stereocenters. The molecule has 3 aromatic carbocycles. The highest BCUT2D eigenvalue weighted by atomic mass is 79.9. The molecule has 4 aromatic rings. The van der Waals surface area contributed by atoms with Crippen molar-refractivity contribution in [3.8, 4) is 5.75 Å². The van der Waals surface area contributed by atoms with E-state index in [1.807, 2.05) is 49.4 Å². The summed E-state index contributed by atoms with van der Waals surface area (Å²) in [5.41, 5.74) is 3.11. The van der Waals surface area contributed by atoms with Gasteiger partial charge in [-0.1, -0.05) is 51.0 Å². The van der Waals surface area contributed by atoms with Crippen LogP contribution in [0.5, 0.6) is 5.75 Å². The fourth-order valence-corrected chi connectivity index (χ4v) is 11.6. The highest BCUT2D eigenvalue weighted by Crippen LogP contribution is 2.69. The van der Waals surface area contributed by atoms with E-state index in [1.54, 1.807) is 36.0 Å². The molecule has 0 radical (unpaired) electrons. The molecule has 12 heteroatoms. The second-order valence-corrected chi connectivity index (χ2v) is 15.9. The van der Waals surface area contributed by atoms with Crippen molar-refractivity contribution in [3.05, 3.63) is 102 Å². The number of hydrogen-bond acceptors (Lipinski definition) is 7. The molecule has 2 aliphatic carbocycles. The minimum Gasteiger partial charge on any atom is -0.483 e. The molecule has 2 saturated carbocycles. The van der Waals surface area contributed by atoms with Gasteiger partial charge in [0.25, 0.3) is 5.91 Å². The lowest BCUT2D eigenvalue weighted by Crippen LogP contribution is -2.42. The van der Waals surface area contributed by atoms with Crippen molar-refractivity contribution in [1.29, 1.82) is 0 Å². The molecular formula is C34H27BrClN3O5S2. The zero-order chi connectivity index (χ0) is 31.9. The highest BCUT2D eigenvalue weighted by molar-refractivity contribution is 9.10. The van der Waals surface area contributed by atoms with Gasteiger partial charge in [-0.25, -0.2) is 0 Å². The molecule has 3 fully saturated rings. The maximum absolute atomic E-state index is 14.0. The summed E-state index contributed by atoms with van der Waals surface area (Å²) < 4.78 is 7.04. The second-order valence-electron chi connectivity index (χ2n) is 12.3. The number of aromatic amines is 1. The number of hydrogen-bond donors (Lipinski definition) is 2. The molecule has 1 aromatic heterocycles. The lowest BCUT2D eigenvalue weighted by molar-refractivity contribution is -0.123. The average molecular weight is 737 g/mol. The summed E-state index contributed by atoms with van der Waals surface area (Å²) in [6.45, 7) is 1.76. The van der Waals surface area contributed by atoms with Gasteiger partial charge < -0.3 is 15.0 Å². The number of thioether (sulfide) groups is 1. The Morgan fingerprint density at radius 1 is 1.04 bits per heavy atom. The van der Waals surface area contributed by atoms with Crippen molar-refractivity contribution in [1.82, 2.24) is 4.98 Å². The molecule has 7 atom stereocenters. The molecule has 2 aliphatic heterocycles. The molecule has 3 amide bonds. The van der Waals surface area contributed by atoms with Crippen molar-refractivity contribution in [2.75, 3.05) is 16.8 Å². The van der Waals surface area contributed by atoms with E-state index in [0.29, 0.717) is 22.1 Å². The van der Waals surface area contributed by atoms with Gasteiger partial charge in [-0.15, -0.1) is 11.8 Å². The Labute approximate surface area is 286 Å². The fourth-order valence-electron chi connectivity index (χ4n) is 8.17. The molecular weight excluding hydrogens is 710 g/mol. The number of H-pyrrole nitrogens is 1. The summed E-state index contributed by atoms with van der Waals surface area (Å²) in [4.78, 5) is 58.7. The predicted octanol–water partition coefficient (Wildman–Crippen LogP) is 6.86. The lowest BCUT2D eigenvalue weighted by atomic mass is 9.68. The van der Waals surface area contributed by atoms with Gasteiger partial charge in [0.15, 0.2) is 6.61 Å². The summed E-state index contributed by atoms with van der Waals surface area (Å²) in [6, 6.07) is 20.1. The third-order valence-corrected chi connectivity index (χ3v) is 13.1. The number of ether oxygens (including phenoxy) is 1. The van der Waals surface area contributed by atoms with Crippen molar-refractivity contribution in [2.24, 2.45) is 29.6 Å². The topological polar surface area (TPSA) is 109 Å². The number of benzene rings is 3. The Morgan fingerprint density at radius 3 is 2.57 bits per heavy atom. The summed E-state index contributed by atoms with van der Waals surface area (Å²) in [6.07, 6.45) is 0.766. The van der Waals surface area contributed by atoms with Crippen LogP contribution in [0.25, 0.3) is 0 Å². The first-order chi connectivity index (χ1) is 22.2. The van der Waals surface area contributed by atoms with Gasteiger partial charge >= 0.3 is 4.87 Å². The molecule has 8 rings (SSSR count). The third kappa shape index (κ3) is 4.85. The Hall–Kier alpha value is -3.38. The van der Waals surface area contributed by atoms with E-state index in [9.17, 15) is 19.2 Å². The number of aromatic nitrogens is 1. The Balaban J connectivity index is 1.14. The van der Waals surface area contributed by atoms with Crippen LogP contribution in [0.3, 0.4) is 0 Å². The molecule has 1 saturated heterocycles. The van der Waals surface area contributed by atoms with Gasteiger partial charge in [0.1, 0.15) is 5.75 Å². The van der Waals surface area contributed by atoms with E-state index in [2.05, 4.69) is 26.2 Å². The zero-order valence-electron chi connectivity index (χ0n) is 24.4. The standard InChI is InChI=1S/C34H27BrClN3O5S2/c1-15-3-2-4-18(11-15)37-24(40)14-44-23-10-5-16(35)12-20(23)25-26-21-13-22(29(26)45-31-30(25)46-34(43)38-31)28-27(21)32(41)39(33(28)42)19-8-6-17(36)7-9-19/h2-12,21-22,25-29H,13-14H2,1H3,(H,37,40)(H,38,43)/t21-,22-,25-,26?,27?,28?,29?/m1/s1. The van der Waals surface area contributed by atoms with Crippen LogP contribution in [0.2, 0.25) is 5.02 Å². The number of thiazole rings is 1. The third-order valence-electron chi connectivity index (χ3n) is 9.78. The van der Waals surface area contributed by atoms with Crippen molar-refractivity contribution in [3.63, 3.8) is 0 Å². The minimum atomic E-state index is -0.439. The van der Waals surface area contributed by atoms with E-state index in [4.69, 9.17) is 16.3 Å². The number of rotatable bonds is 6. The number of aryl methyl sites for hydroxylation is 1. The first kappa shape index (κ1) is 30.0. The quantitative estimate of drug-likeness (QED) is 0.210. The number of nitrogens with one attached hydrogen (secondary N) is 2. The smallest absolute Gasteiger partial charge is 0.305 e. The number of halogens is 2. The molecule has 234 valence electrons. The molecule has 2 bridgehead atoms. The number of amides is 3. The van der Waals surface area contributed by atoms with Crippen LogP contribution in [0.1, 0.15) is 28.3 Å². The van der Waals surface area contributed by atoms with Crippen LogP contribution in [0.4, 0.5) is 11.4 Å². The van der Waals surface area contributed by atoms with E-state index in [-0.39, 0.29) is 58.1 Å². The molecule has 4 aliphatic rings. The van der Waals surface area contributed by atoms with Gasteiger partial charge in [-0.3, -0.25) is 24.1 Å². The van der Waals surface area contributed by atoms with Crippen LogP contribution in [-0.4, -0.2) is 34.6 Å². The summed E-state index contributed by atoms with van der Waals surface area (Å²) >= 11 is 12.5. The summed E-state index contributed by atoms with van der Waals surface area (Å²) in [5.74, 6) is -1.28. The Kier molecular flexibility index (Phi) is 7.43. The van der Waals surface area contributed by atoms with Crippen molar-refractivity contribution < 1.29 is 19.1 Å². The van der Waals surface area contributed by atoms with Crippen LogP contribution >= 0.6 is 50.6 Å². The maximum Gasteiger partial charge on any atom is 0.305 e. The fraction of sp³-hybridized carbons (Fsp3) is 0.294. The normalized spacial score (nSPS) is 27.4. The number of carbonyl (C=O) groups is 3. The van der Waals surface area contributed by atoms with Gasteiger partial charge in [-0.05, 0) is 91.3 Å². The zero-order valence-corrected chi connectivity index (χ0v) is 28.3. The van der Waals surface area contributed by atoms with E-state index >= 15 is 0 Å². The van der Waals surface area contributed by atoms with Crippen LogP contribution in [0.15, 0.2) is 81.0 Å². The molecule has 8 nitrogen and oxygen atoms in total. The highest BCUT2D eigenvalue weighted by Gasteiger charge is 2.69. The molecule has 2 N–H and O–H groups in total. The summed E-state index contributed by atoms with van der Waals surface area (Å²) in [5, 5.41) is 4.26. The lowest BCUT2D eigenvalue weighted by Gasteiger charge is -2.43. The Bertz CT molecular complexity index is 1980. The molecule has 46 heavy (non-hydrogen) atoms. The van der Waals surface area contributed by atoms with Crippen LogP contribution in [-0.2, 0) is 14.4 Å². The van der Waals surface area contributed by atoms with Gasteiger partial charge in [-0.2, -0.15) is 0 Å². The second kappa shape index (κ2) is 11.4. The van der Waals surface area contributed by atoms with E-state index in [1.165, 1.54) is 16.2 Å². The van der Waals surface area contributed by atoms with Gasteiger partial charge in [0.2, 0.25) is 11.8 Å². The average Bonchev–Trinajstić information content (AvgIpc) is 3.76. The Morgan fingerprint density at radius 2 is 1.80 bits per heavy atom. The number of imide groups is 1. The minimum absolute atomic E-state index is 0.0186. The predicted molar refractivity (Wildman–Crippen MR) is 182 cm³/mol. The summed E-state index contributed by atoms with van der Waals surface area (Å²) in [7, 11) is 0. The SMILES string of the molecule is Cc1cccc(NC(=O)COc2ccc(Br)cc2[C@H]2c3sc(=O)[nH]c3SC3C2[C@H]2C[C@@H]3C3C(=O)N(c4ccc(Cl)cc4)C(=O)C32)c1. The number of nitrogens with zero attached hydrogens (tertiary/aromatic N) is 1. The maximum atomic E-state index is 14.0. The first-order valence-electron chi connectivity index (χ1n) is 15.0.